The summed E-state index contributed by atoms with van der Waals surface area (Å²) in [6.45, 7) is 4.21. The highest BCUT2D eigenvalue weighted by Crippen LogP contribution is 2.27. The van der Waals surface area contributed by atoms with Crippen LogP contribution in [0.2, 0.25) is 5.02 Å². The minimum Gasteiger partial charge on any atom is -0.342 e. The molecule has 0 spiro atoms. The molecule has 2 atom stereocenters. The second kappa shape index (κ2) is 8.14. The first kappa shape index (κ1) is 18.8. The van der Waals surface area contributed by atoms with Crippen molar-refractivity contribution in [1.82, 2.24) is 15.3 Å². The summed E-state index contributed by atoms with van der Waals surface area (Å²) in [5.41, 5.74) is 2.35. The number of imidazole rings is 1. The molecule has 1 heterocycles. The molecular weight excluding hydrogens is 366 g/mol. The van der Waals surface area contributed by atoms with E-state index in [0.717, 1.165) is 28.2 Å². The van der Waals surface area contributed by atoms with Gasteiger partial charge in [0.1, 0.15) is 5.82 Å². The number of rotatable bonds is 6. The van der Waals surface area contributed by atoms with Gasteiger partial charge in [-0.1, -0.05) is 44.0 Å². The first-order valence-corrected chi connectivity index (χ1v) is 10.2. The van der Waals surface area contributed by atoms with Crippen LogP contribution in [-0.2, 0) is 0 Å². The fourth-order valence-corrected chi connectivity index (χ4v) is 3.50. The molecule has 0 aliphatic rings. The van der Waals surface area contributed by atoms with Crippen molar-refractivity contribution in [3.05, 3.63) is 58.9 Å². The van der Waals surface area contributed by atoms with Gasteiger partial charge in [0.15, 0.2) is 0 Å². The Kier molecular flexibility index (Phi) is 5.89. The van der Waals surface area contributed by atoms with E-state index in [1.807, 2.05) is 42.7 Å². The van der Waals surface area contributed by atoms with Crippen LogP contribution in [-0.4, -0.2) is 22.1 Å². The van der Waals surface area contributed by atoms with Crippen LogP contribution in [0, 0.1) is 5.92 Å². The number of H-pyrrole nitrogens is 1. The maximum Gasteiger partial charge on any atom is 0.253 e. The number of halogens is 1. The normalized spacial score (nSPS) is 13.5. The number of para-hydroxylation sites is 2. The van der Waals surface area contributed by atoms with Gasteiger partial charge < -0.3 is 10.3 Å². The van der Waals surface area contributed by atoms with Crippen LogP contribution < -0.4 is 5.32 Å². The molecule has 4 nitrogen and oxygen atoms in total. The minimum absolute atomic E-state index is 0.184. The van der Waals surface area contributed by atoms with Gasteiger partial charge in [0.2, 0.25) is 0 Å². The number of aromatic nitrogens is 2. The van der Waals surface area contributed by atoms with Crippen molar-refractivity contribution >= 4 is 40.3 Å². The Balaban J connectivity index is 1.92. The van der Waals surface area contributed by atoms with Crippen molar-refractivity contribution in [2.75, 3.05) is 6.26 Å². The molecule has 1 aromatic heterocycles. The zero-order valence-corrected chi connectivity index (χ0v) is 16.6. The summed E-state index contributed by atoms with van der Waals surface area (Å²) in [7, 11) is 0. The lowest BCUT2D eigenvalue weighted by molar-refractivity contribution is 0.0920. The van der Waals surface area contributed by atoms with Gasteiger partial charge in [0.05, 0.1) is 27.7 Å². The van der Waals surface area contributed by atoms with E-state index < -0.39 is 0 Å². The van der Waals surface area contributed by atoms with E-state index in [1.54, 1.807) is 17.8 Å². The maximum absolute atomic E-state index is 12.9. The molecule has 0 saturated carbocycles. The maximum atomic E-state index is 12.9. The van der Waals surface area contributed by atoms with E-state index in [9.17, 15) is 4.79 Å². The lowest BCUT2D eigenvalue weighted by atomic mass is 9.98. The number of fused-ring (bicyclic) bond motifs is 1. The Labute approximate surface area is 162 Å². The van der Waals surface area contributed by atoms with E-state index in [0.29, 0.717) is 10.6 Å². The average molecular weight is 388 g/mol. The van der Waals surface area contributed by atoms with Gasteiger partial charge in [-0.3, -0.25) is 4.79 Å². The van der Waals surface area contributed by atoms with Gasteiger partial charge >= 0.3 is 0 Å². The highest BCUT2D eigenvalue weighted by molar-refractivity contribution is 7.98. The standard InChI is InChI=1S/C20H22ClN3OS/c1-4-12(2)18(19-22-16-7-5-6-8-17(16)23-19)24-20(25)14-11-13(26-3)9-10-15(14)21/h5-12,18H,4H2,1-3H3,(H,22,23)(H,24,25). The number of aromatic amines is 1. The first-order chi connectivity index (χ1) is 12.5. The van der Waals surface area contributed by atoms with Gasteiger partial charge in [-0.25, -0.2) is 4.98 Å². The number of amides is 1. The Morgan fingerprint density at radius 2 is 2.08 bits per heavy atom. The number of hydrogen-bond donors (Lipinski definition) is 2. The van der Waals surface area contributed by atoms with Crippen molar-refractivity contribution < 1.29 is 4.79 Å². The van der Waals surface area contributed by atoms with Gasteiger partial charge in [-0.2, -0.15) is 0 Å². The van der Waals surface area contributed by atoms with Crippen LogP contribution in [0.15, 0.2) is 47.4 Å². The van der Waals surface area contributed by atoms with E-state index in [4.69, 9.17) is 11.6 Å². The van der Waals surface area contributed by atoms with Crippen molar-refractivity contribution in [3.8, 4) is 0 Å². The van der Waals surface area contributed by atoms with Crippen molar-refractivity contribution in [1.29, 1.82) is 0 Å². The smallest absolute Gasteiger partial charge is 0.253 e. The first-order valence-electron chi connectivity index (χ1n) is 8.62. The molecule has 2 N–H and O–H groups in total. The highest BCUT2D eigenvalue weighted by atomic mass is 35.5. The van der Waals surface area contributed by atoms with Gasteiger partial charge in [-0.15, -0.1) is 11.8 Å². The summed E-state index contributed by atoms with van der Waals surface area (Å²) in [6.07, 6.45) is 2.89. The fourth-order valence-electron chi connectivity index (χ4n) is 2.86. The number of benzene rings is 2. The summed E-state index contributed by atoms with van der Waals surface area (Å²) in [4.78, 5) is 21.9. The summed E-state index contributed by atoms with van der Waals surface area (Å²) < 4.78 is 0. The molecule has 3 rings (SSSR count). The van der Waals surface area contributed by atoms with Crippen molar-refractivity contribution in [2.24, 2.45) is 5.92 Å². The van der Waals surface area contributed by atoms with E-state index in [-0.39, 0.29) is 17.9 Å². The summed E-state index contributed by atoms with van der Waals surface area (Å²) >= 11 is 7.84. The van der Waals surface area contributed by atoms with Crippen LogP contribution in [0.1, 0.15) is 42.5 Å². The van der Waals surface area contributed by atoms with Crippen LogP contribution >= 0.6 is 23.4 Å². The third-order valence-corrected chi connectivity index (χ3v) is 5.67. The molecule has 2 aromatic carbocycles. The predicted molar refractivity (Wildman–Crippen MR) is 109 cm³/mol. The average Bonchev–Trinajstić information content (AvgIpc) is 3.09. The Bertz CT molecular complexity index is 891. The van der Waals surface area contributed by atoms with Crippen molar-refractivity contribution in [2.45, 2.75) is 31.2 Å². The summed E-state index contributed by atoms with van der Waals surface area (Å²) in [5.74, 6) is 0.810. The topological polar surface area (TPSA) is 57.8 Å². The number of carbonyl (C=O) groups excluding carboxylic acids is 1. The molecule has 1 amide bonds. The minimum atomic E-state index is -0.214. The van der Waals surface area contributed by atoms with Crippen molar-refractivity contribution in [3.63, 3.8) is 0 Å². The molecule has 0 aliphatic carbocycles. The Hall–Kier alpha value is -1.98. The fraction of sp³-hybridized carbons (Fsp3) is 0.300. The molecule has 0 aliphatic heterocycles. The van der Waals surface area contributed by atoms with Gasteiger partial charge in [0, 0.05) is 4.90 Å². The summed E-state index contributed by atoms with van der Waals surface area (Å²) in [5, 5.41) is 3.58. The molecule has 0 bridgehead atoms. The largest absolute Gasteiger partial charge is 0.342 e. The summed E-state index contributed by atoms with van der Waals surface area (Å²) in [6, 6.07) is 13.2. The molecule has 3 aromatic rings. The quantitative estimate of drug-likeness (QED) is 0.552. The number of hydrogen-bond acceptors (Lipinski definition) is 3. The van der Waals surface area contributed by atoms with Gasteiger partial charge in [0.25, 0.3) is 5.91 Å². The lowest BCUT2D eigenvalue weighted by Crippen LogP contribution is -2.33. The molecule has 2 unspecified atom stereocenters. The van der Waals surface area contributed by atoms with E-state index in [2.05, 4.69) is 29.1 Å². The van der Waals surface area contributed by atoms with E-state index in [1.165, 1.54) is 0 Å². The Morgan fingerprint density at radius 3 is 2.77 bits per heavy atom. The number of nitrogens with one attached hydrogen (secondary N) is 2. The third-order valence-electron chi connectivity index (χ3n) is 4.62. The van der Waals surface area contributed by atoms with Gasteiger partial charge in [-0.05, 0) is 42.5 Å². The van der Waals surface area contributed by atoms with Crippen LogP contribution in [0.5, 0.6) is 0 Å². The highest BCUT2D eigenvalue weighted by Gasteiger charge is 2.25. The number of nitrogens with zero attached hydrogens (tertiary/aromatic N) is 1. The second-order valence-electron chi connectivity index (χ2n) is 6.32. The number of thioether (sulfide) groups is 1. The van der Waals surface area contributed by atoms with Crippen LogP contribution in [0.3, 0.4) is 0 Å². The molecule has 0 saturated heterocycles. The molecular formula is C20H22ClN3OS. The molecule has 6 heteroatoms. The second-order valence-corrected chi connectivity index (χ2v) is 7.61. The lowest BCUT2D eigenvalue weighted by Gasteiger charge is -2.23. The third kappa shape index (κ3) is 3.89. The zero-order chi connectivity index (χ0) is 18.7. The molecule has 0 fully saturated rings. The Morgan fingerprint density at radius 1 is 1.31 bits per heavy atom. The molecule has 136 valence electrons. The molecule has 26 heavy (non-hydrogen) atoms. The monoisotopic (exact) mass is 387 g/mol. The SMILES string of the molecule is CCC(C)C(NC(=O)c1cc(SC)ccc1Cl)c1nc2ccccc2[nH]1. The zero-order valence-electron chi connectivity index (χ0n) is 15.0. The predicted octanol–water partition coefficient (Wildman–Crippen LogP) is 5.46. The van der Waals surface area contributed by atoms with Crippen LogP contribution in [0.4, 0.5) is 0 Å². The number of carbonyl (C=O) groups is 1. The van der Waals surface area contributed by atoms with Crippen LogP contribution in [0.25, 0.3) is 11.0 Å². The molecule has 0 radical (unpaired) electrons. The van der Waals surface area contributed by atoms with E-state index >= 15 is 0 Å².